The van der Waals surface area contributed by atoms with Gasteiger partial charge in [0.25, 0.3) is 0 Å². The minimum Gasteiger partial charge on any atom is -0.345 e. The summed E-state index contributed by atoms with van der Waals surface area (Å²) in [5.41, 5.74) is 9.74. The summed E-state index contributed by atoms with van der Waals surface area (Å²) in [7, 11) is 0. The average Bonchev–Trinajstić information content (AvgIpc) is 3.26. The molecule has 0 bridgehead atoms. The van der Waals surface area contributed by atoms with Gasteiger partial charge in [-0.25, -0.2) is 0 Å². The molecule has 0 radical (unpaired) electrons. The Morgan fingerprint density at radius 3 is 2.31 bits per heavy atom. The van der Waals surface area contributed by atoms with Crippen LogP contribution in [0.2, 0.25) is 0 Å². The Bertz CT molecular complexity index is 1240. The molecular formula is C30H34N2. The van der Waals surface area contributed by atoms with Crippen molar-refractivity contribution in [3.05, 3.63) is 101 Å². The van der Waals surface area contributed by atoms with E-state index < -0.39 is 0 Å². The maximum Gasteiger partial charge on any atom is 0.0488 e. The summed E-state index contributed by atoms with van der Waals surface area (Å²) in [5.74, 6) is 0.411. The fourth-order valence-corrected chi connectivity index (χ4v) is 6.11. The van der Waals surface area contributed by atoms with Gasteiger partial charge in [-0.05, 0) is 57.0 Å². The van der Waals surface area contributed by atoms with E-state index in [1.807, 2.05) is 0 Å². The monoisotopic (exact) mass is 422 g/mol. The second kappa shape index (κ2) is 8.26. The van der Waals surface area contributed by atoms with Crippen LogP contribution < -0.4 is 0 Å². The second-order valence-electron chi connectivity index (χ2n) is 9.21. The standard InChI is InChI=1S/C30H34N2/c1-6-31-21(4)28(24-12-8-10-14-26(24)31)30(23-18-16-20(3)17-19-23)29-22(5)32(7-2)27-15-11-9-13-25(27)29/h8-19,21,24,26H,6-7H2,1-5H3. The summed E-state index contributed by atoms with van der Waals surface area (Å²) < 4.78 is 2.48. The number of rotatable bonds is 4. The SMILES string of the molecule is CCN1C(C)C(=C(c2ccc(C)cc2)c2c(C)n(CC)c3ccccc23)C2C=CC=CC21. The molecule has 3 aromatic rings. The number of benzene rings is 2. The lowest BCUT2D eigenvalue weighted by Crippen LogP contribution is -2.35. The van der Waals surface area contributed by atoms with Crippen molar-refractivity contribution in [1.82, 2.24) is 9.47 Å². The number of allylic oxidation sites excluding steroid dienone is 2. The minimum atomic E-state index is 0.391. The molecule has 1 fully saturated rings. The molecule has 2 aromatic carbocycles. The molecule has 0 N–H and O–H groups in total. The first-order valence-corrected chi connectivity index (χ1v) is 12.1. The molecule has 1 aromatic heterocycles. The van der Waals surface area contributed by atoms with Crippen molar-refractivity contribution in [2.75, 3.05) is 6.54 Å². The van der Waals surface area contributed by atoms with Crippen LogP contribution in [0, 0.1) is 19.8 Å². The van der Waals surface area contributed by atoms with Crippen LogP contribution in [-0.4, -0.2) is 28.1 Å². The normalized spacial score (nSPS) is 24.3. The molecule has 5 rings (SSSR count). The first kappa shape index (κ1) is 21.0. The van der Waals surface area contributed by atoms with Crippen molar-refractivity contribution in [3.8, 4) is 0 Å². The predicted octanol–water partition coefficient (Wildman–Crippen LogP) is 6.91. The first-order chi connectivity index (χ1) is 15.6. The molecule has 0 spiro atoms. The molecule has 2 heteroatoms. The van der Waals surface area contributed by atoms with Gasteiger partial charge in [-0.15, -0.1) is 0 Å². The van der Waals surface area contributed by atoms with Crippen LogP contribution >= 0.6 is 0 Å². The highest BCUT2D eigenvalue weighted by Gasteiger charge is 2.42. The zero-order valence-electron chi connectivity index (χ0n) is 20.0. The molecule has 1 aliphatic heterocycles. The molecule has 1 saturated heterocycles. The van der Waals surface area contributed by atoms with Crippen LogP contribution in [0.4, 0.5) is 0 Å². The van der Waals surface area contributed by atoms with Crippen LogP contribution in [0.5, 0.6) is 0 Å². The summed E-state index contributed by atoms with van der Waals surface area (Å²) in [4.78, 5) is 2.66. The first-order valence-electron chi connectivity index (χ1n) is 12.1. The second-order valence-corrected chi connectivity index (χ2v) is 9.21. The zero-order chi connectivity index (χ0) is 22.4. The quantitative estimate of drug-likeness (QED) is 0.443. The average molecular weight is 423 g/mol. The maximum absolute atomic E-state index is 2.66. The van der Waals surface area contributed by atoms with Crippen molar-refractivity contribution >= 4 is 16.5 Å². The third-order valence-corrected chi connectivity index (χ3v) is 7.59. The molecule has 2 heterocycles. The summed E-state index contributed by atoms with van der Waals surface area (Å²) in [6, 6.07) is 18.9. The fourth-order valence-electron chi connectivity index (χ4n) is 6.11. The molecule has 2 nitrogen and oxygen atoms in total. The molecule has 2 aliphatic rings. The largest absolute Gasteiger partial charge is 0.345 e. The van der Waals surface area contributed by atoms with Crippen molar-refractivity contribution in [1.29, 1.82) is 0 Å². The highest BCUT2D eigenvalue weighted by Crippen LogP contribution is 2.46. The molecule has 32 heavy (non-hydrogen) atoms. The van der Waals surface area contributed by atoms with Gasteiger partial charge in [0.05, 0.1) is 0 Å². The van der Waals surface area contributed by atoms with Crippen LogP contribution in [-0.2, 0) is 6.54 Å². The Morgan fingerprint density at radius 1 is 0.875 bits per heavy atom. The van der Waals surface area contributed by atoms with Crippen molar-refractivity contribution in [2.45, 2.75) is 53.2 Å². The summed E-state index contributed by atoms with van der Waals surface area (Å²) in [5, 5.41) is 1.36. The van der Waals surface area contributed by atoms with Gasteiger partial charge in [0.15, 0.2) is 0 Å². The van der Waals surface area contributed by atoms with Gasteiger partial charge in [0.1, 0.15) is 0 Å². The lowest BCUT2D eigenvalue weighted by Gasteiger charge is -2.26. The number of hydrogen-bond acceptors (Lipinski definition) is 1. The number of hydrogen-bond donors (Lipinski definition) is 0. The number of para-hydroxylation sites is 1. The van der Waals surface area contributed by atoms with Gasteiger partial charge in [-0.2, -0.15) is 0 Å². The van der Waals surface area contributed by atoms with Gasteiger partial charge in [-0.1, -0.05) is 79.3 Å². The van der Waals surface area contributed by atoms with Gasteiger partial charge in [0, 0.05) is 46.7 Å². The van der Waals surface area contributed by atoms with Gasteiger partial charge < -0.3 is 4.57 Å². The van der Waals surface area contributed by atoms with E-state index >= 15 is 0 Å². The zero-order valence-corrected chi connectivity index (χ0v) is 20.0. The van der Waals surface area contributed by atoms with E-state index in [1.54, 1.807) is 5.57 Å². The van der Waals surface area contributed by atoms with Crippen molar-refractivity contribution in [2.24, 2.45) is 5.92 Å². The third-order valence-electron chi connectivity index (χ3n) is 7.59. The summed E-state index contributed by atoms with van der Waals surface area (Å²) in [6.07, 6.45) is 9.28. The maximum atomic E-state index is 2.66. The van der Waals surface area contributed by atoms with Gasteiger partial charge in [-0.3, -0.25) is 4.90 Å². The van der Waals surface area contributed by atoms with Crippen LogP contribution in [0.25, 0.3) is 16.5 Å². The van der Waals surface area contributed by atoms with Gasteiger partial charge in [0.2, 0.25) is 0 Å². The number of likely N-dealkylation sites (N-methyl/N-ethyl adjacent to an activating group) is 1. The Morgan fingerprint density at radius 2 is 1.59 bits per heavy atom. The van der Waals surface area contributed by atoms with E-state index in [2.05, 4.69) is 117 Å². The summed E-state index contributed by atoms with van der Waals surface area (Å²) in [6.45, 7) is 13.5. The number of likely N-dealkylation sites (tertiary alicyclic amines) is 1. The number of aromatic nitrogens is 1. The topological polar surface area (TPSA) is 8.17 Å². The lowest BCUT2D eigenvalue weighted by molar-refractivity contribution is 0.242. The Balaban J connectivity index is 1.88. The molecule has 3 atom stereocenters. The molecule has 164 valence electrons. The lowest BCUT2D eigenvalue weighted by atomic mass is 9.81. The van der Waals surface area contributed by atoms with E-state index in [0.717, 1.165) is 13.1 Å². The highest BCUT2D eigenvalue weighted by molar-refractivity contribution is 6.00. The summed E-state index contributed by atoms with van der Waals surface area (Å²) >= 11 is 0. The molecule has 0 amide bonds. The van der Waals surface area contributed by atoms with Crippen LogP contribution in [0.15, 0.2) is 78.4 Å². The van der Waals surface area contributed by atoms with Gasteiger partial charge >= 0.3 is 0 Å². The van der Waals surface area contributed by atoms with E-state index in [4.69, 9.17) is 0 Å². The van der Waals surface area contributed by atoms with E-state index in [0.29, 0.717) is 18.0 Å². The van der Waals surface area contributed by atoms with Crippen LogP contribution in [0.1, 0.15) is 43.2 Å². The number of fused-ring (bicyclic) bond motifs is 2. The van der Waals surface area contributed by atoms with Crippen LogP contribution in [0.3, 0.4) is 0 Å². The number of aryl methyl sites for hydroxylation is 2. The number of nitrogens with zero attached hydrogens (tertiary/aromatic N) is 2. The Labute approximate surface area is 192 Å². The van der Waals surface area contributed by atoms with Crippen molar-refractivity contribution in [3.63, 3.8) is 0 Å². The van der Waals surface area contributed by atoms with E-state index in [1.165, 1.54) is 38.9 Å². The molecular weight excluding hydrogens is 388 g/mol. The van der Waals surface area contributed by atoms with Crippen molar-refractivity contribution < 1.29 is 0 Å². The predicted molar refractivity (Wildman–Crippen MR) is 137 cm³/mol. The molecule has 1 aliphatic carbocycles. The van der Waals surface area contributed by atoms with E-state index in [-0.39, 0.29) is 0 Å². The Kier molecular flexibility index (Phi) is 5.43. The smallest absolute Gasteiger partial charge is 0.0488 e. The third kappa shape index (κ3) is 3.12. The minimum absolute atomic E-state index is 0.391. The Hall–Kier alpha value is -2.84. The highest BCUT2D eigenvalue weighted by atomic mass is 15.2. The fraction of sp³-hybridized carbons (Fsp3) is 0.333. The van der Waals surface area contributed by atoms with E-state index in [9.17, 15) is 0 Å². The molecule has 3 unspecified atom stereocenters. The molecule has 0 saturated carbocycles.